The molecule has 0 amide bonds. The molecule has 0 saturated heterocycles. The number of ether oxygens (including phenoxy) is 1. The Kier molecular flexibility index (Phi) is 4.05. The highest BCUT2D eigenvalue weighted by atomic mass is 79.9. The van der Waals surface area contributed by atoms with Crippen molar-refractivity contribution in [3.05, 3.63) is 28.0 Å². The van der Waals surface area contributed by atoms with E-state index in [1.54, 1.807) is 6.07 Å². The SMILES string of the molecule is CCCC1Oc2c(Br)cc(F)cc2C1NCC. The molecule has 0 radical (unpaired) electrons. The predicted octanol–water partition coefficient (Wildman–Crippen LogP) is 3.80. The zero-order chi connectivity index (χ0) is 12.4. The van der Waals surface area contributed by atoms with Crippen molar-refractivity contribution in [1.82, 2.24) is 5.32 Å². The minimum absolute atomic E-state index is 0.0990. The first-order valence-electron chi connectivity index (χ1n) is 6.06. The van der Waals surface area contributed by atoms with E-state index in [0.29, 0.717) is 4.47 Å². The van der Waals surface area contributed by atoms with Gasteiger partial charge < -0.3 is 10.1 Å². The van der Waals surface area contributed by atoms with Gasteiger partial charge in [0.2, 0.25) is 0 Å². The molecular formula is C13H17BrFNO. The fraction of sp³-hybridized carbons (Fsp3) is 0.538. The lowest BCUT2D eigenvalue weighted by molar-refractivity contribution is 0.178. The van der Waals surface area contributed by atoms with Crippen LogP contribution < -0.4 is 10.1 Å². The Bertz CT molecular complexity index is 411. The van der Waals surface area contributed by atoms with E-state index in [-0.39, 0.29) is 18.0 Å². The highest BCUT2D eigenvalue weighted by Gasteiger charge is 2.34. The molecular weight excluding hydrogens is 285 g/mol. The molecule has 17 heavy (non-hydrogen) atoms. The summed E-state index contributed by atoms with van der Waals surface area (Å²) in [6.45, 7) is 5.03. The minimum atomic E-state index is -0.223. The average molecular weight is 302 g/mol. The number of rotatable bonds is 4. The van der Waals surface area contributed by atoms with Crippen molar-refractivity contribution in [3.63, 3.8) is 0 Å². The molecule has 2 atom stereocenters. The van der Waals surface area contributed by atoms with Crippen LogP contribution in [0.2, 0.25) is 0 Å². The summed E-state index contributed by atoms with van der Waals surface area (Å²) in [4.78, 5) is 0. The van der Waals surface area contributed by atoms with Crippen molar-refractivity contribution in [2.45, 2.75) is 38.8 Å². The number of hydrogen-bond acceptors (Lipinski definition) is 2. The molecule has 1 aliphatic rings. The Morgan fingerprint density at radius 1 is 1.41 bits per heavy atom. The van der Waals surface area contributed by atoms with Crippen LogP contribution in [-0.4, -0.2) is 12.6 Å². The van der Waals surface area contributed by atoms with E-state index in [4.69, 9.17) is 4.74 Å². The molecule has 0 fully saturated rings. The molecule has 2 unspecified atom stereocenters. The van der Waals surface area contributed by atoms with Gasteiger partial charge in [0.1, 0.15) is 17.7 Å². The van der Waals surface area contributed by atoms with Crippen LogP contribution in [0.25, 0.3) is 0 Å². The van der Waals surface area contributed by atoms with Crippen molar-refractivity contribution in [3.8, 4) is 5.75 Å². The van der Waals surface area contributed by atoms with Crippen molar-refractivity contribution in [2.75, 3.05) is 6.54 Å². The molecule has 2 rings (SSSR count). The number of halogens is 2. The fourth-order valence-corrected chi connectivity index (χ4v) is 2.87. The molecule has 0 aromatic heterocycles. The Labute approximate surface area is 110 Å². The van der Waals surface area contributed by atoms with Crippen LogP contribution in [-0.2, 0) is 0 Å². The summed E-state index contributed by atoms with van der Waals surface area (Å²) in [6, 6.07) is 3.13. The van der Waals surface area contributed by atoms with Gasteiger partial charge in [-0.3, -0.25) is 0 Å². The number of fused-ring (bicyclic) bond motifs is 1. The first-order valence-corrected chi connectivity index (χ1v) is 6.85. The van der Waals surface area contributed by atoms with Gasteiger partial charge in [-0.15, -0.1) is 0 Å². The summed E-state index contributed by atoms with van der Waals surface area (Å²) in [6.07, 6.45) is 2.13. The van der Waals surface area contributed by atoms with Gasteiger partial charge in [0.25, 0.3) is 0 Å². The first-order chi connectivity index (χ1) is 8.17. The van der Waals surface area contributed by atoms with Crippen molar-refractivity contribution >= 4 is 15.9 Å². The zero-order valence-corrected chi connectivity index (χ0v) is 11.7. The van der Waals surface area contributed by atoms with Crippen molar-refractivity contribution < 1.29 is 9.13 Å². The summed E-state index contributed by atoms with van der Waals surface area (Å²) in [7, 11) is 0. The molecule has 1 heterocycles. The zero-order valence-electron chi connectivity index (χ0n) is 10.1. The normalized spacial score (nSPS) is 22.4. The third-order valence-electron chi connectivity index (χ3n) is 3.01. The van der Waals surface area contributed by atoms with Gasteiger partial charge in [-0.05, 0) is 41.0 Å². The molecule has 94 valence electrons. The monoisotopic (exact) mass is 301 g/mol. The van der Waals surface area contributed by atoms with E-state index in [1.165, 1.54) is 6.07 Å². The summed E-state index contributed by atoms with van der Waals surface area (Å²) < 4.78 is 20.1. The Balaban J connectivity index is 2.35. The molecule has 0 aliphatic carbocycles. The van der Waals surface area contributed by atoms with Gasteiger partial charge in [0.15, 0.2) is 0 Å². The number of nitrogens with one attached hydrogen (secondary N) is 1. The largest absolute Gasteiger partial charge is 0.487 e. The van der Waals surface area contributed by atoms with Gasteiger partial charge >= 0.3 is 0 Å². The molecule has 1 aromatic carbocycles. The Morgan fingerprint density at radius 3 is 2.82 bits per heavy atom. The second-order valence-corrected chi connectivity index (χ2v) is 5.14. The van der Waals surface area contributed by atoms with Crippen molar-refractivity contribution in [2.24, 2.45) is 0 Å². The predicted molar refractivity (Wildman–Crippen MR) is 69.8 cm³/mol. The molecule has 1 aromatic rings. The molecule has 4 heteroatoms. The smallest absolute Gasteiger partial charge is 0.139 e. The van der Waals surface area contributed by atoms with Crippen molar-refractivity contribution in [1.29, 1.82) is 0 Å². The number of likely N-dealkylation sites (N-methyl/N-ethyl adjacent to an activating group) is 1. The minimum Gasteiger partial charge on any atom is -0.487 e. The fourth-order valence-electron chi connectivity index (χ4n) is 2.33. The Morgan fingerprint density at radius 2 is 2.18 bits per heavy atom. The molecule has 1 N–H and O–H groups in total. The lowest BCUT2D eigenvalue weighted by atomic mass is 10.0. The topological polar surface area (TPSA) is 21.3 Å². The van der Waals surface area contributed by atoms with Crippen LogP contribution in [0.5, 0.6) is 5.75 Å². The molecule has 0 saturated carbocycles. The third-order valence-corrected chi connectivity index (χ3v) is 3.60. The maximum Gasteiger partial charge on any atom is 0.139 e. The van der Waals surface area contributed by atoms with Gasteiger partial charge in [0.05, 0.1) is 10.5 Å². The van der Waals surface area contributed by atoms with Gasteiger partial charge in [-0.2, -0.15) is 0 Å². The van der Waals surface area contributed by atoms with E-state index in [0.717, 1.165) is 30.7 Å². The lowest BCUT2D eigenvalue weighted by Crippen LogP contribution is -2.30. The molecule has 0 spiro atoms. The van der Waals surface area contributed by atoms with E-state index in [9.17, 15) is 4.39 Å². The van der Waals surface area contributed by atoms with Gasteiger partial charge in [0, 0.05) is 5.56 Å². The Hall–Kier alpha value is -0.610. The summed E-state index contributed by atoms with van der Waals surface area (Å²) in [5.74, 6) is 0.565. The third kappa shape index (κ3) is 2.47. The molecule has 0 bridgehead atoms. The van der Waals surface area contributed by atoms with Crippen LogP contribution in [0, 0.1) is 5.82 Å². The van der Waals surface area contributed by atoms with Gasteiger partial charge in [-0.1, -0.05) is 20.3 Å². The van der Waals surface area contributed by atoms with Crippen LogP contribution in [0.4, 0.5) is 4.39 Å². The van der Waals surface area contributed by atoms with E-state index >= 15 is 0 Å². The standard InChI is InChI=1S/C13H17BrFNO/c1-3-5-11-12(16-4-2)9-6-8(15)7-10(14)13(9)17-11/h6-7,11-12,16H,3-5H2,1-2H3. The molecule has 1 aliphatic heterocycles. The highest BCUT2D eigenvalue weighted by molar-refractivity contribution is 9.10. The lowest BCUT2D eigenvalue weighted by Gasteiger charge is -2.19. The summed E-state index contributed by atoms with van der Waals surface area (Å²) in [5.41, 5.74) is 0.928. The quantitative estimate of drug-likeness (QED) is 0.913. The second-order valence-electron chi connectivity index (χ2n) is 4.29. The average Bonchev–Trinajstić information content (AvgIpc) is 2.59. The van der Waals surface area contributed by atoms with Crippen LogP contribution >= 0.6 is 15.9 Å². The molecule has 2 nitrogen and oxygen atoms in total. The van der Waals surface area contributed by atoms with Crippen LogP contribution in [0.15, 0.2) is 16.6 Å². The summed E-state index contributed by atoms with van der Waals surface area (Å²) >= 11 is 3.36. The van der Waals surface area contributed by atoms with E-state index in [1.807, 2.05) is 0 Å². The second kappa shape index (κ2) is 5.36. The number of hydrogen-bond donors (Lipinski definition) is 1. The van der Waals surface area contributed by atoms with Gasteiger partial charge in [-0.25, -0.2) is 4.39 Å². The maximum atomic E-state index is 13.4. The summed E-state index contributed by atoms with van der Waals surface area (Å²) in [5, 5.41) is 3.38. The van der Waals surface area contributed by atoms with E-state index in [2.05, 4.69) is 35.1 Å². The van der Waals surface area contributed by atoms with Crippen LogP contribution in [0.1, 0.15) is 38.3 Å². The first kappa shape index (κ1) is 12.8. The number of benzene rings is 1. The van der Waals surface area contributed by atoms with E-state index < -0.39 is 0 Å². The highest BCUT2D eigenvalue weighted by Crippen LogP contribution is 2.43. The van der Waals surface area contributed by atoms with Crippen LogP contribution in [0.3, 0.4) is 0 Å². The maximum absolute atomic E-state index is 13.4.